The van der Waals surface area contributed by atoms with Gasteiger partial charge in [0.1, 0.15) is 11.9 Å². The van der Waals surface area contributed by atoms with E-state index in [9.17, 15) is 23.4 Å². The highest BCUT2D eigenvalue weighted by Gasteiger charge is 2.28. The van der Waals surface area contributed by atoms with Crippen molar-refractivity contribution in [1.29, 1.82) is 0 Å². The third-order valence-electron chi connectivity index (χ3n) is 2.41. The van der Waals surface area contributed by atoms with Gasteiger partial charge in [0.2, 0.25) is 0 Å². The molecule has 2 atom stereocenters. The Morgan fingerprint density at radius 1 is 1.11 bits per heavy atom. The Hall–Kier alpha value is -1.31. The molecule has 1 aromatic rings. The number of aliphatic hydroxyl groups excluding tert-OH is 3. The number of aliphatic hydroxyl groups is 3. The maximum absolute atomic E-state index is 11.9. The molecular formula is C12H15F3O4. The number of alkyl halides is 3. The molecule has 0 aliphatic heterocycles. The van der Waals surface area contributed by atoms with Crippen molar-refractivity contribution in [3.8, 4) is 5.75 Å². The van der Waals surface area contributed by atoms with Gasteiger partial charge in [-0.2, -0.15) is 13.2 Å². The molecule has 0 aromatic heterocycles. The summed E-state index contributed by atoms with van der Waals surface area (Å²) in [4.78, 5) is 0. The van der Waals surface area contributed by atoms with Crippen LogP contribution in [0.2, 0.25) is 0 Å². The van der Waals surface area contributed by atoms with E-state index >= 15 is 0 Å². The van der Waals surface area contributed by atoms with Gasteiger partial charge in [-0.3, -0.25) is 0 Å². The number of hydrogen-bond acceptors (Lipinski definition) is 4. The number of benzene rings is 1. The lowest BCUT2D eigenvalue weighted by molar-refractivity contribution is -0.153. The number of rotatable bonds is 6. The van der Waals surface area contributed by atoms with Crippen LogP contribution in [-0.4, -0.2) is 40.8 Å². The molecule has 108 valence electrons. The van der Waals surface area contributed by atoms with E-state index in [2.05, 4.69) is 4.74 Å². The topological polar surface area (TPSA) is 69.9 Å². The van der Waals surface area contributed by atoms with Crippen molar-refractivity contribution in [3.05, 3.63) is 29.8 Å². The van der Waals surface area contributed by atoms with Gasteiger partial charge in [0.25, 0.3) is 0 Å². The molecule has 0 aliphatic rings. The first-order valence-corrected chi connectivity index (χ1v) is 5.60. The molecule has 0 radical (unpaired) electrons. The Morgan fingerprint density at radius 2 is 1.68 bits per heavy atom. The van der Waals surface area contributed by atoms with Crippen molar-refractivity contribution < 1.29 is 33.2 Å². The molecule has 0 fully saturated rings. The fourth-order valence-electron chi connectivity index (χ4n) is 1.44. The molecule has 0 spiro atoms. The molecule has 3 N–H and O–H groups in total. The van der Waals surface area contributed by atoms with Crippen molar-refractivity contribution >= 4 is 0 Å². The Bertz CT molecular complexity index is 378. The Balaban J connectivity index is 2.60. The van der Waals surface area contributed by atoms with Gasteiger partial charge in [-0.1, -0.05) is 12.1 Å². The van der Waals surface area contributed by atoms with Crippen molar-refractivity contribution in [3.63, 3.8) is 0 Å². The van der Waals surface area contributed by atoms with E-state index in [4.69, 9.17) is 5.11 Å². The largest absolute Gasteiger partial charge is 0.484 e. The smallest absolute Gasteiger partial charge is 0.422 e. The number of halogens is 3. The molecule has 0 saturated heterocycles. The minimum atomic E-state index is -4.41. The lowest BCUT2D eigenvalue weighted by Gasteiger charge is -2.17. The van der Waals surface area contributed by atoms with E-state index < -0.39 is 25.0 Å². The molecule has 0 amide bonds. The molecule has 0 heterocycles. The maximum atomic E-state index is 11.9. The molecule has 1 rings (SSSR count). The molecule has 19 heavy (non-hydrogen) atoms. The third-order valence-corrected chi connectivity index (χ3v) is 2.41. The lowest BCUT2D eigenvalue weighted by atomic mass is 10.0. The zero-order valence-corrected chi connectivity index (χ0v) is 9.97. The average molecular weight is 280 g/mol. The molecular weight excluding hydrogens is 265 g/mol. The van der Waals surface area contributed by atoms with Gasteiger partial charge < -0.3 is 20.1 Å². The van der Waals surface area contributed by atoms with Crippen LogP contribution in [0.15, 0.2) is 24.3 Å². The van der Waals surface area contributed by atoms with E-state index in [1.807, 2.05) is 0 Å². The zero-order chi connectivity index (χ0) is 14.5. The highest BCUT2D eigenvalue weighted by Crippen LogP contribution is 2.23. The average Bonchev–Trinajstić information content (AvgIpc) is 2.35. The monoisotopic (exact) mass is 280 g/mol. The fraction of sp³-hybridized carbons (Fsp3) is 0.500. The first-order valence-electron chi connectivity index (χ1n) is 5.60. The molecule has 2 unspecified atom stereocenters. The Kier molecular flexibility index (Phi) is 5.59. The van der Waals surface area contributed by atoms with E-state index in [1.54, 1.807) is 0 Å². The summed E-state index contributed by atoms with van der Waals surface area (Å²) >= 11 is 0. The van der Waals surface area contributed by atoms with Crippen LogP contribution >= 0.6 is 0 Å². The molecule has 0 bridgehead atoms. The van der Waals surface area contributed by atoms with Gasteiger partial charge in [0.15, 0.2) is 6.61 Å². The predicted octanol–water partition coefficient (Wildman–Crippen LogP) is 1.40. The summed E-state index contributed by atoms with van der Waals surface area (Å²) in [6, 6.07) is 5.26. The van der Waals surface area contributed by atoms with E-state index in [0.29, 0.717) is 5.56 Å². The summed E-state index contributed by atoms with van der Waals surface area (Å²) in [6.07, 6.45) is -6.74. The standard InChI is InChI=1S/C12H15F3O4/c13-12(14,15)7-19-9-3-1-8(2-4-9)11(18)10(17)5-6-16/h1-4,10-11,16-18H,5-7H2. The second-order valence-electron chi connectivity index (χ2n) is 4.00. The van der Waals surface area contributed by atoms with Gasteiger partial charge in [-0.05, 0) is 24.1 Å². The third kappa shape index (κ3) is 5.46. The molecule has 0 aliphatic carbocycles. The lowest BCUT2D eigenvalue weighted by Crippen LogP contribution is -2.20. The van der Waals surface area contributed by atoms with Crippen molar-refractivity contribution in [1.82, 2.24) is 0 Å². The molecule has 0 saturated carbocycles. The molecule has 4 nitrogen and oxygen atoms in total. The van der Waals surface area contributed by atoms with Gasteiger partial charge in [0.05, 0.1) is 6.10 Å². The van der Waals surface area contributed by atoms with Crippen LogP contribution in [0.3, 0.4) is 0 Å². The Labute approximate surface area is 108 Å². The highest BCUT2D eigenvalue weighted by atomic mass is 19.4. The minimum absolute atomic E-state index is 0.00743. The van der Waals surface area contributed by atoms with Crippen molar-refractivity contribution in [2.24, 2.45) is 0 Å². The molecule has 7 heteroatoms. The van der Waals surface area contributed by atoms with Crippen LogP contribution in [0.4, 0.5) is 13.2 Å². The second kappa shape index (κ2) is 6.74. The summed E-state index contributed by atoms with van der Waals surface area (Å²) < 4.78 is 40.3. The van der Waals surface area contributed by atoms with Crippen molar-refractivity contribution in [2.75, 3.05) is 13.2 Å². The predicted molar refractivity (Wildman–Crippen MR) is 60.7 cm³/mol. The first-order chi connectivity index (χ1) is 8.83. The van der Waals surface area contributed by atoms with Crippen LogP contribution < -0.4 is 4.74 Å². The number of ether oxygens (including phenoxy) is 1. The highest BCUT2D eigenvalue weighted by molar-refractivity contribution is 5.29. The molecule has 1 aromatic carbocycles. The van der Waals surface area contributed by atoms with E-state index in [0.717, 1.165) is 0 Å². The van der Waals surface area contributed by atoms with Crippen LogP contribution in [-0.2, 0) is 0 Å². The second-order valence-corrected chi connectivity index (χ2v) is 4.00. The quantitative estimate of drug-likeness (QED) is 0.737. The van der Waals surface area contributed by atoms with Crippen LogP contribution in [0.5, 0.6) is 5.75 Å². The zero-order valence-electron chi connectivity index (χ0n) is 9.97. The van der Waals surface area contributed by atoms with Crippen LogP contribution in [0.25, 0.3) is 0 Å². The van der Waals surface area contributed by atoms with Crippen molar-refractivity contribution in [2.45, 2.75) is 24.8 Å². The van der Waals surface area contributed by atoms with E-state index in [1.165, 1.54) is 24.3 Å². The minimum Gasteiger partial charge on any atom is -0.484 e. The van der Waals surface area contributed by atoms with Crippen LogP contribution in [0, 0.1) is 0 Å². The van der Waals surface area contributed by atoms with E-state index in [-0.39, 0.29) is 18.8 Å². The van der Waals surface area contributed by atoms with Gasteiger partial charge in [-0.25, -0.2) is 0 Å². The van der Waals surface area contributed by atoms with Gasteiger partial charge >= 0.3 is 6.18 Å². The normalized spacial score (nSPS) is 15.1. The van der Waals surface area contributed by atoms with Gasteiger partial charge in [-0.15, -0.1) is 0 Å². The maximum Gasteiger partial charge on any atom is 0.422 e. The Morgan fingerprint density at radius 3 is 2.16 bits per heavy atom. The first kappa shape index (κ1) is 15.7. The summed E-state index contributed by atoms with van der Waals surface area (Å²) in [6.45, 7) is -1.66. The summed E-state index contributed by atoms with van der Waals surface area (Å²) in [7, 11) is 0. The summed E-state index contributed by atoms with van der Waals surface area (Å²) in [5, 5.41) is 27.8. The fourth-order valence-corrected chi connectivity index (χ4v) is 1.44. The van der Waals surface area contributed by atoms with Crippen LogP contribution in [0.1, 0.15) is 18.1 Å². The SMILES string of the molecule is OCCC(O)C(O)c1ccc(OCC(F)(F)F)cc1. The summed E-state index contributed by atoms with van der Waals surface area (Å²) in [5.41, 5.74) is 0.334. The van der Waals surface area contributed by atoms with Gasteiger partial charge in [0, 0.05) is 6.61 Å². The summed E-state index contributed by atoms with van der Waals surface area (Å²) in [5.74, 6) is 0.0184. The number of hydrogen-bond donors (Lipinski definition) is 3.